The quantitative estimate of drug-likeness (QED) is 0.544. The molecule has 1 fully saturated rings. The Labute approximate surface area is 183 Å². The van der Waals surface area contributed by atoms with Gasteiger partial charge in [0, 0.05) is 36.6 Å². The zero-order chi connectivity index (χ0) is 21.6. The number of aromatic nitrogens is 1. The van der Waals surface area contributed by atoms with Gasteiger partial charge in [0.15, 0.2) is 0 Å². The summed E-state index contributed by atoms with van der Waals surface area (Å²) >= 11 is 0. The highest BCUT2D eigenvalue weighted by Crippen LogP contribution is 2.23. The molecule has 0 unspecified atom stereocenters. The average Bonchev–Trinajstić information content (AvgIpc) is 2.83. The Balaban J connectivity index is 1.37. The van der Waals surface area contributed by atoms with Crippen LogP contribution in [0.25, 0.3) is 11.1 Å². The van der Waals surface area contributed by atoms with Crippen LogP contribution in [0.15, 0.2) is 67.0 Å². The molecule has 31 heavy (non-hydrogen) atoms. The van der Waals surface area contributed by atoms with Crippen molar-refractivity contribution in [1.29, 1.82) is 0 Å². The molecular formula is C27H26N2O2. The Kier molecular flexibility index (Phi) is 6.33. The molecule has 1 amide bonds. The SMILES string of the molecule is C#Cc1ccc(-c2ccc(OCc3cncc(C(=O)N4CCC(C)CC4)c3)cc2)cc1. The van der Waals surface area contributed by atoms with Gasteiger partial charge in [-0.05, 0) is 60.2 Å². The zero-order valence-corrected chi connectivity index (χ0v) is 17.8. The van der Waals surface area contributed by atoms with Crippen molar-refractivity contribution < 1.29 is 9.53 Å². The fourth-order valence-corrected chi connectivity index (χ4v) is 3.75. The number of hydrogen-bond donors (Lipinski definition) is 0. The highest BCUT2D eigenvalue weighted by Gasteiger charge is 2.21. The third kappa shape index (κ3) is 5.13. The molecule has 0 atom stereocenters. The summed E-state index contributed by atoms with van der Waals surface area (Å²) in [6, 6.07) is 17.7. The van der Waals surface area contributed by atoms with Crippen molar-refractivity contribution in [3.63, 3.8) is 0 Å². The third-order valence-electron chi connectivity index (χ3n) is 5.76. The van der Waals surface area contributed by atoms with E-state index in [1.807, 2.05) is 59.5 Å². The maximum absolute atomic E-state index is 12.8. The molecule has 0 radical (unpaired) electrons. The monoisotopic (exact) mass is 410 g/mol. The lowest BCUT2D eigenvalue weighted by molar-refractivity contribution is 0.0696. The number of piperidine rings is 1. The highest BCUT2D eigenvalue weighted by atomic mass is 16.5. The molecule has 1 aromatic heterocycles. The Hall–Kier alpha value is -3.58. The van der Waals surface area contributed by atoms with Crippen molar-refractivity contribution in [1.82, 2.24) is 9.88 Å². The number of carbonyl (C=O) groups is 1. The van der Waals surface area contributed by atoms with Crippen LogP contribution in [0.1, 0.15) is 41.3 Å². The zero-order valence-electron chi connectivity index (χ0n) is 17.8. The molecular weight excluding hydrogens is 384 g/mol. The summed E-state index contributed by atoms with van der Waals surface area (Å²) in [5.74, 6) is 4.15. The van der Waals surface area contributed by atoms with Crippen LogP contribution in [0.5, 0.6) is 5.75 Å². The molecule has 0 saturated carbocycles. The fourth-order valence-electron chi connectivity index (χ4n) is 3.75. The lowest BCUT2D eigenvalue weighted by Gasteiger charge is -2.30. The van der Waals surface area contributed by atoms with Gasteiger partial charge in [-0.3, -0.25) is 9.78 Å². The van der Waals surface area contributed by atoms with Crippen molar-refractivity contribution in [3.8, 4) is 29.2 Å². The second-order valence-corrected chi connectivity index (χ2v) is 8.09. The summed E-state index contributed by atoms with van der Waals surface area (Å²) in [6.45, 7) is 4.24. The highest BCUT2D eigenvalue weighted by molar-refractivity contribution is 5.94. The molecule has 0 bridgehead atoms. The fraction of sp³-hybridized carbons (Fsp3) is 0.259. The molecule has 0 spiro atoms. The van der Waals surface area contributed by atoms with E-state index in [9.17, 15) is 4.79 Å². The Morgan fingerprint density at radius 3 is 2.35 bits per heavy atom. The number of pyridine rings is 1. The summed E-state index contributed by atoms with van der Waals surface area (Å²) < 4.78 is 5.92. The predicted molar refractivity (Wildman–Crippen MR) is 123 cm³/mol. The van der Waals surface area contributed by atoms with Crippen LogP contribution < -0.4 is 4.74 Å². The maximum Gasteiger partial charge on any atom is 0.255 e. The number of rotatable bonds is 5. The summed E-state index contributed by atoms with van der Waals surface area (Å²) in [5.41, 5.74) is 4.58. The van der Waals surface area contributed by atoms with Gasteiger partial charge >= 0.3 is 0 Å². The van der Waals surface area contributed by atoms with E-state index in [0.717, 1.165) is 53.9 Å². The third-order valence-corrected chi connectivity index (χ3v) is 5.76. The second kappa shape index (κ2) is 9.49. The molecule has 4 nitrogen and oxygen atoms in total. The number of carbonyl (C=O) groups excluding carboxylic acids is 1. The standard InChI is InChI=1S/C27H26N2O2/c1-3-21-4-6-23(7-5-21)24-8-10-26(11-9-24)31-19-22-16-25(18-28-17-22)27(30)29-14-12-20(2)13-15-29/h1,4-11,16-18,20H,12-15,19H2,2H3. The molecule has 2 heterocycles. The van der Waals surface area contributed by atoms with Crippen molar-refractivity contribution in [2.45, 2.75) is 26.4 Å². The van der Waals surface area contributed by atoms with Crippen molar-refractivity contribution in [3.05, 3.63) is 83.7 Å². The molecule has 1 aliphatic rings. The first-order valence-corrected chi connectivity index (χ1v) is 10.7. The van der Waals surface area contributed by atoms with Gasteiger partial charge in [-0.15, -0.1) is 6.42 Å². The minimum Gasteiger partial charge on any atom is -0.489 e. The topological polar surface area (TPSA) is 42.4 Å². The smallest absolute Gasteiger partial charge is 0.255 e. The average molecular weight is 411 g/mol. The first-order chi connectivity index (χ1) is 15.1. The van der Waals surface area contributed by atoms with Crippen LogP contribution >= 0.6 is 0 Å². The number of ether oxygens (including phenoxy) is 1. The molecule has 1 saturated heterocycles. The van der Waals surface area contributed by atoms with Crippen LogP contribution in [0.4, 0.5) is 0 Å². The van der Waals surface area contributed by atoms with E-state index in [1.54, 1.807) is 12.4 Å². The van der Waals surface area contributed by atoms with E-state index in [-0.39, 0.29) is 5.91 Å². The number of amides is 1. The van der Waals surface area contributed by atoms with Gasteiger partial charge < -0.3 is 9.64 Å². The van der Waals surface area contributed by atoms with Crippen molar-refractivity contribution >= 4 is 5.91 Å². The Morgan fingerprint density at radius 2 is 1.71 bits per heavy atom. The normalized spacial score (nSPS) is 14.1. The van der Waals surface area contributed by atoms with E-state index in [4.69, 9.17) is 11.2 Å². The van der Waals surface area contributed by atoms with Gasteiger partial charge in [-0.2, -0.15) is 0 Å². The predicted octanol–water partition coefficient (Wildman–Crippen LogP) is 5.18. The molecule has 2 aromatic carbocycles. The molecule has 4 heteroatoms. The van der Waals surface area contributed by atoms with Crippen molar-refractivity contribution in [2.24, 2.45) is 5.92 Å². The summed E-state index contributed by atoms with van der Waals surface area (Å²) in [4.78, 5) is 19.0. The first kappa shape index (κ1) is 20.7. The summed E-state index contributed by atoms with van der Waals surface area (Å²) in [5, 5.41) is 0. The van der Waals surface area contributed by atoms with E-state index >= 15 is 0 Å². The van der Waals surface area contributed by atoms with E-state index in [0.29, 0.717) is 18.1 Å². The minimum absolute atomic E-state index is 0.0569. The molecule has 156 valence electrons. The van der Waals surface area contributed by atoms with E-state index < -0.39 is 0 Å². The number of hydrogen-bond acceptors (Lipinski definition) is 3. The lowest BCUT2D eigenvalue weighted by atomic mass is 9.99. The van der Waals surface area contributed by atoms with E-state index in [2.05, 4.69) is 17.8 Å². The minimum atomic E-state index is 0.0569. The van der Waals surface area contributed by atoms with Crippen LogP contribution in [-0.2, 0) is 6.61 Å². The van der Waals surface area contributed by atoms with Gasteiger partial charge in [0.05, 0.1) is 5.56 Å². The number of terminal acetylenes is 1. The van der Waals surface area contributed by atoms with Crippen LogP contribution in [0.2, 0.25) is 0 Å². The van der Waals surface area contributed by atoms with E-state index in [1.165, 1.54) is 0 Å². The second-order valence-electron chi connectivity index (χ2n) is 8.09. The number of likely N-dealkylation sites (tertiary alicyclic amines) is 1. The Morgan fingerprint density at radius 1 is 1.06 bits per heavy atom. The van der Waals surface area contributed by atoms with Gasteiger partial charge in [-0.1, -0.05) is 37.1 Å². The van der Waals surface area contributed by atoms with Crippen LogP contribution in [0.3, 0.4) is 0 Å². The first-order valence-electron chi connectivity index (χ1n) is 10.7. The van der Waals surface area contributed by atoms with Crippen LogP contribution in [-0.4, -0.2) is 28.9 Å². The molecule has 0 aliphatic carbocycles. The van der Waals surface area contributed by atoms with Crippen molar-refractivity contribution in [2.75, 3.05) is 13.1 Å². The van der Waals surface area contributed by atoms with Crippen LogP contribution in [0, 0.1) is 18.3 Å². The number of nitrogens with zero attached hydrogens (tertiary/aromatic N) is 2. The largest absolute Gasteiger partial charge is 0.489 e. The molecule has 1 aliphatic heterocycles. The van der Waals surface area contributed by atoms with Gasteiger partial charge in [-0.25, -0.2) is 0 Å². The lowest BCUT2D eigenvalue weighted by Crippen LogP contribution is -2.38. The van der Waals surface area contributed by atoms with Gasteiger partial charge in [0.25, 0.3) is 5.91 Å². The number of benzene rings is 2. The molecule has 3 aromatic rings. The summed E-state index contributed by atoms with van der Waals surface area (Å²) in [6.07, 6.45) is 10.9. The molecule has 0 N–H and O–H groups in total. The van der Waals surface area contributed by atoms with Gasteiger partial charge in [0.1, 0.15) is 12.4 Å². The van der Waals surface area contributed by atoms with Gasteiger partial charge in [0.2, 0.25) is 0 Å². The molecule has 4 rings (SSSR count). The summed E-state index contributed by atoms with van der Waals surface area (Å²) in [7, 11) is 0. The maximum atomic E-state index is 12.8. The Bertz CT molecular complexity index is 1070.